The van der Waals surface area contributed by atoms with Gasteiger partial charge in [0.2, 0.25) is 0 Å². The maximum absolute atomic E-state index is 5.95. The first-order valence-electron chi connectivity index (χ1n) is 5.39. The lowest BCUT2D eigenvalue weighted by molar-refractivity contribution is 0.0535. The molecule has 0 bridgehead atoms. The molecule has 2 nitrogen and oxygen atoms in total. The summed E-state index contributed by atoms with van der Waals surface area (Å²) in [5.74, 6) is 0.977. The van der Waals surface area contributed by atoms with Gasteiger partial charge in [0, 0.05) is 11.3 Å². The number of benzene rings is 1. The van der Waals surface area contributed by atoms with Crippen LogP contribution < -0.4 is 10.5 Å². The van der Waals surface area contributed by atoms with Crippen molar-refractivity contribution < 1.29 is 4.74 Å². The highest BCUT2D eigenvalue weighted by Gasteiger charge is 2.38. The van der Waals surface area contributed by atoms with Crippen LogP contribution in [0.2, 0.25) is 0 Å². The summed E-state index contributed by atoms with van der Waals surface area (Å²) in [6, 6.07) is 5.91. The van der Waals surface area contributed by atoms with E-state index in [0.29, 0.717) is 0 Å². The summed E-state index contributed by atoms with van der Waals surface area (Å²) in [7, 11) is 0. The highest BCUT2D eigenvalue weighted by Crippen LogP contribution is 2.45. The number of hydrogen-bond donors (Lipinski definition) is 1. The summed E-state index contributed by atoms with van der Waals surface area (Å²) >= 11 is 0. The number of ether oxygens (including phenoxy) is 1. The highest BCUT2D eigenvalue weighted by molar-refractivity contribution is 5.52. The summed E-state index contributed by atoms with van der Waals surface area (Å²) in [5, 5.41) is 0. The minimum absolute atomic E-state index is 0.0907. The van der Waals surface area contributed by atoms with Gasteiger partial charge in [0.15, 0.2) is 0 Å². The average Bonchev–Trinajstić information content (AvgIpc) is 2.03. The number of nitrogen functional groups attached to an aromatic ring is 1. The second kappa shape index (κ2) is 2.91. The van der Waals surface area contributed by atoms with E-state index in [4.69, 9.17) is 10.5 Å². The number of nitrogens with two attached hydrogens (primary N) is 1. The van der Waals surface area contributed by atoms with Crippen molar-refractivity contribution in [3.8, 4) is 5.75 Å². The van der Waals surface area contributed by atoms with Crippen LogP contribution >= 0.6 is 0 Å². The topological polar surface area (TPSA) is 35.2 Å². The molecule has 0 saturated heterocycles. The third kappa shape index (κ3) is 1.81. The molecule has 1 aromatic rings. The van der Waals surface area contributed by atoms with Gasteiger partial charge in [-0.3, -0.25) is 0 Å². The number of fused-ring (bicyclic) bond motifs is 1. The van der Waals surface area contributed by atoms with E-state index >= 15 is 0 Å². The molecule has 0 aliphatic carbocycles. The van der Waals surface area contributed by atoms with Crippen molar-refractivity contribution in [2.24, 2.45) is 0 Å². The minimum Gasteiger partial charge on any atom is -0.488 e. The monoisotopic (exact) mass is 205 g/mol. The van der Waals surface area contributed by atoms with Gasteiger partial charge in [0.05, 0.1) is 0 Å². The molecule has 0 amide bonds. The van der Waals surface area contributed by atoms with Gasteiger partial charge in [-0.2, -0.15) is 0 Å². The van der Waals surface area contributed by atoms with Crippen LogP contribution in [0.4, 0.5) is 5.69 Å². The van der Waals surface area contributed by atoms with Crippen LogP contribution in [0, 0.1) is 0 Å². The first-order valence-corrected chi connectivity index (χ1v) is 5.39. The average molecular weight is 205 g/mol. The van der Waals surface area contributed by atoms with Crippen molar-refractivity contribution in [3.05, 3.63) is 23.8 Å². The molecule has 1 aliphatic heterocycles. The van der Waals surface area contributed by atoms with Crippen LogP contribution in [0.15, 0.2) is 18.2 Å². The van der Waals surface area contributed by atoms with Gasteiger partial charge in [-0.1, -0.05) is 13.8 Å². The van der Waals surface area contributed by atoms with Crippen molar-refractivity contribution >= 4 is 5.69 Å². The normalized spacial score (nSPS) is 21.6. The summed E-state index contributed by atoms with van der Waals surface area (Å²) < 4.78 is 5.95. The van der Waals surface area contributed by atoms with E-state index in [0.717, 1.165) is 17.9 Å². The van der Waals surface area contributed by atoms with Gasteiger partial charge >= 0.3 is 0 Å². The van der Waals surface area contributed by atoms with Gasteiger partial charge < -0.3 is 10.5 Å². The van der Waals surface area contributed by atoms with Crippen LogP contribution in [-0.2, 0) is 5.41 Å². The van der Waals surface area contributed by atoms with E-state index in [1.807, 2.05) is 18.2 Å². The lowest BCUT2D eigenvalue weighted by Gasteiger charge is -2.42. The van der Waals surface area contributed by atoms with Crippen molar-refractivity contribution in [2.45, 2.75) is 45.1 Å². The third-order valence-electron chi connectivity index (χ3n) is 2.99. The molecule has 2 rings (SSSR count). The molecular weight excluding hydrogens is 186 g/mol. The molecule has 1 aromatic carbocycles. The number of rotatable bonds is 0. The van der Waals surface area contributed by atoms with E-state index in [9.17, 15) is 0 Å². The Bertz CT molecular complexity index is 394. The molecule has 0 radical (unpaired) electrons. The molecular formula is C13H19NO. The molecule has 0 spiro atoms. The molecule has 1 aliphatic rings. The zero-order chi connectivity index (χ0) is 11.3. The fourth-order valence-electron chi connectivity index (χ4n) is 2.66. The fourth-order valence-corrected chi connectivity index (χ4v) is 2.66. The smallest absolute Gasteiger partial charge is 0.124 e. The lowest BCUT2D eigenvalue weighted by Crippen LogP contribution is -2.41. The van der Waals surface area contributed by atoms with E-state index in [1.165, 1.54) is 5.56 Å². The Kier molecular flexibility index (Phi) is 2.00. The van der Waals surface area contributed by atoms with E-state index < -0.39 is 0 Å². The van der Waals surface area contributed by atoms with Gasteiger partial charge in [-0.25, -0.2) is 0 Å². The van der Waals surface area contributed by atoms with Gasteiger partial charge in [-0.15, -0.1) is 0 Å². The standard InChI is InChI=1S/C13H19NO/c1-12(2)8-13(3,4)15-11-6-5-9(14)7-10(11)12/h5-7H,8,14H2,1-4H3. The molecule has 1 heterocycles. The Morgan fingerprint density at radius 3 is 2.53 bits per heavy atom. The fraction of sp³-hybridized carbons (Fsp3) is 0.538. The SMILES string of the molecule is CC1(C)CC(C)(C)c2cc(N)ccc2O1. The zero-order valence-corrected chi connectivity index (χ0v) is 9.92. The van der Waals surface area contributed by atoms with Crippen molar-refractivity contribution in [3.63, 3.8) is 0 Å². The molecule has 0 aromatic heterocycles. The maximum atomic E-state index is 5.95. The Labute approximate surface area is 91.4 Å². The maximum Gasteiger partial charge on any atom is 0.124 e. The molecule has 15 heavy (non-hydrogen) atoms. The van der Waals surface area contributed by atoms with Crippen molar-refractivity contribution in [2.75, 3.05) is 5.73 Å². The van der Waals surface area contributed by atoms with Gasteiger partial charge in [0.1, 0.15) is 11.4 Å². The largest absolute Gasteiger partial charge is 0.488 e. The van der Waals surface area contributed by atoms with Gasteiger partial charge in [-0.05, 0) is 43.9 Å². The highest BCUT2D eigenvalue weighted by atomic mass is 16.5. The predicted molar refractivity (Wildman–Crippen MR) is 63.2 cm³/mol. The van der Waals surface area contributed by atoms with Crippen LogP contribution in [0.25, 0.3) is 0 Å². The Morgan fingerprint density at radius 2 is 1.87 bits per heavy atom. The third-order valence-corrected chi connectivity index (χ3v) is 2.99. The first kappa shape index (κ1) is 10.3. The van der Waals surface area contributed by atoms with E-state index in [1.54, 1.807) is 0 Å². The predicted octanol–water partition coefficient (Wildman–Crippen LogP) is 3.11. The van der Waals surface area contributed by atoms with Crippen LogP contribution in [0.5, 0.6) is 5.75 Å². The number of anilines is 1. The minimum atomic E-state index is -0.0907. The molecule has 0 saturated carbocycles. The first-order chi connectivity index (χ1) is 6.80. The molecule has 2 N–H and O–H groups in total. The molecule has 0 atom stereocenters. The van der Waals surface area contributed by atoms with E-state index in [-0.39, 0.29) is 11.0 Å². The molecule has 0 unspecified atom stereocenters. The Hall–Kier alpha value is -1.18. The second-order valence-electron chi connectivity index (χ2n) is 5.68. The summed E-state index contributed by atoms with van der Waals surface area (Å²) in [6.45, 7) is 8.76. The quantitative estimate of drug-likeness (QED) is 0.660. The van der Waals surface area contributed by atoms with E-state index in [2.05, 4.69) is 27.7 Å². The molecule has 0 fully saturated rings. The van der Waals surface area contributed by atoms with Crippen molar-refractivity contribution in [1.82, 2.24) is 0 Å². The van der Waals surface area contributed by atoms with Crippen LogP contribution in [-0.4, -0.2) is 5.60 Å². The van der Waals surface area contributed by atoms with Crippen molar-refractivity contribution in [1.29, 1.82) is 0 Å². The zero-order valence-electron chi connectivity index (χ0n) is 9.92. The Morgan fingerprint density at radius 1 is 1.20 bits per heavy atom. The lowest BCUT2D eigenvalue weighted by atomic mass is 9.73. The number of hydrogen-bond acceptors (Lipinski definition) is 2. The second-order valence-corrected chi connectivity index (χ2v) is 5.68. The molecule has 82 valence electrons. The summed E-state index contributed by atoms with van der Waals surface area (Å²) in [6.07, 6.45) is 1.01. The molecule has 2 heteroatoms. The summed E-state index contributed by atoms with van der Waals surface area (Å²) in [4.78, 5) is 0. The Balaban J connectivity index is 2.55. The van der Waals surface area contributed by atoms with Gasteiger partial charge in [0.25, 0.3) is 0 Å². The summed E-state index contributed by atoms with van der Waals surface area (Å²) in [5.41, 5.74) is 7.89. The van der Waals surface area contributed by atoms with Crippen LogP contribution in [0.1, 0.15) is 39.7 Å². The van der Waals surface area contributed by atoms with Crippen LogP contribution in [0.3, 0.4) is 0 Å².